The smallest absolute Gasteiger partial charge is 0.313 e. The Morgan fingerprint density at radius 3 is 2.26 bits per heavy atom. The summed E-state index contributed by atoms with van der Waals surface area (Å²) in [5.74, 6) is -0.770. The van der Waals surface area contributed by atoms with Gasteiger partial charge in [0.05, 0.1) is 24.8 Å². The molecule has 2 N–H and O–H groups in total. The number of benzene rings is 2. The molecule has 0 radical (unpaired) electrons. The van der Waals surface area contributed by atoms with Crippen molar-refractivity contribution in [3.8, 4) is 11.5 Å². The molecule has 3 rings (SSSR count). The molecule has 1 aliphatic rings. The molecule has 0 aliphatic carbocycles. The zero-order valence-electron chi connectivity index (χ0n) is 17.4. The second-order valence-corrected chi connectivity index (χ2v) is 8.90. The Balaban J connectivity index is 1.57. The van der Waals surface area contributed by atoms with Crippen LogP contribution in [0.4, 0.5) is 5.69 Å². The van der Waals surface area contributed by atoms with Crippen LogP contribution in [0, 0.1) is 0 Å². The maximum atomic E-state index is 12.6. The third kappa shape index (κ3) is 5.33. The van der Waals surface area contributed by atoms with Gasteiger partial charge < -0.3 is 20.1 Å². The normalized spacial score (nSPS) is 14.1. The highest BCUT2D eigenvalue weighted by Crippen LogP contribution is 2.29. The average molecular weight is 448 g/mol. The summed E-state index contributed by atoms with van der Waals surface area (Å²) in [6.07, 6.45) is 1.74. The van der Waals surface area contributed by atoms with Crippen molar-refractivity contribution in [2.45, 2.75) is 24.3 Å². The standard InChI is InChI=1S/C21H25N3O6S/c1-29-16-7-10-18(19(13-16)30-2)23-21(26)20(25)22-14-15-5-8-17(9-6-15)31(27,28)24-11-3-4-12-24/h5-10,13H,3-4,11-12,14H2,1-2H3,(H,22,25)(H,23,26). The average Bonchev–Trinajstić information content (AvgIpc) is 3.34. The van der Waals surface area contributed by atoms with Crippen molar-refractivity contribution in [2.24, 2.45) is 0 Å². The lowest BCUT2D eigenvalue weighted by molar-refractivity contribution is -0.136. The summed E-state index contributed by atoms with van der Waals surface area (Å²) >= 11 is 0. The van der Waals surface area contributed by atoms with Gasteiger partial charge in [0.25, 0.3) is 0 Å². The van der Waals surface area contributed by atoms with Crippen LogP contribution in [0.2, 0.25) is 0 Å². The minimum atomic E-state index is -3.49. The van der Waals surface area contributed by atoms with Gasteiger partial charge in [0.1, 0.15) is 11.5 Å². The van der Waals surface area contributed by atoms with E-state index in [0.717, 1.165) is 12.8 Å². The Bertz CT molecular complexity index is 1050. The number of carbonyl (C=O) groups is 2. The summed E-state index contributed by atoms with van der Waals surface area (Å²) in [5, 5.41) is 5.01. The monoisotopic (exact) mass is 447 g/mol. The van der Waals surface area contributed by atoms with Gasteiger partial charge in [0.2, 0.25) is 10.0 Å². The number of nitrogens with zero attached hydrogens (tertiary/aromatic N) is 1. The maximum absolute atomic E-state index is 12.6. The van der Waals surface area contributed by atoms with Gasteiger partial charge in [-0.1, -0.05) is 12.1 Å². The van der Waals surface area contributed by atoms with Crippen molar-refractivity contribution in [3.05, 3.63) is 48.0 Å². The van der Waals surface area contributed by atoms with E-state index in [-0.39, 0.29) is 11.4 Å². The molecule has 0 bridgehead atoms. The second-order valence-electron chi connectivity index (χ2n) is 6.96. The molecule has 0 unspecified atom stereocenters. The predicted molar refractivity (Wildman–Crippen MR) is 114 cm³/mol. The van der Waals surface area contributed by atoms with E-state index in [2.05, 4.69) is 10.6 Å². The van der Waals surface area contributed by atoms with Crippen LogP contribution in [0.5, 0.6) is 11.5 Å². The fourth-order valence-corrected chi connectivity index (χ4v) is 4.72. The molecule has 1 fully saturated rings. The molecule has 9 nitrogen and oxygen atoms in total. The number of rotatable bonds is 7. The van der Waals surface area contributed by atoms with Gasteiger partial charge in [0.15, 0.2) is 0 Å². The number of amides is 2. The van der Waals surface area contributed by atoms with Crippen molar-refractivity contribution in [1.29, 1.82) is 0 Å². The lowest BCUT2D eigenvalue weighted by Crippen LogP contribution is -2.35. The van der Waals surface area contributed by atoms with Gasteiger partial charge in [-0.05, 0) is 42.7 Å². The summed E-state index contributed by atoms with van der Waals surface area (Å²) < 4.78 is 36.9. The summed E-state index contributed by atoms with van der Waals surface area (Å²) in [6.45, 7) is 1.15. The number of carbonyl (C=O) groups excluding carboxylic acids is 2. The quantitative estimate of drug-likeness (QED) is 0.625. The molecule has 1 heterocycles. The third-order valence-corrected chi connectivity index (χ3v) is 6.86. The molecule has 1 aliphatic heterocycles. The summed E-state index contributed by atoms with van der Waals surface area (Å²) in [7, 11) is -0.534. The molecule has 2 aromatic carbocycles. The first kappa shape index (κ1) is 22.6. The number of hydrogen-bond acceptors (Lipinski definition) is 6. The minimum Gasteiger partial charge on any atom is -0.497 e. The van der Waals surface area contributed by atoms with Gasteiger partial charge in [0, 0.05) is 25.7 Å². The van der Waals surface area contributed by atoms with E-state index in [4.69, 9.17) is 9.47 Å². The fraction of sp³-hybridized carbons (Fsp3) is 0.333. The Kier molecular flexibility index (Phi) is 7.13. The predicted octanol–water partition coefficient (Wildman–Crippen LogP) is 1.74. The van der Waals surface area contributed by atoms with Crippen LogP contribution in [0.25, 0.3) is 0 Å². The van der Waals surface area contributed by atoms with Crippen LogP contribution < -0.4 is 20.1 Å². The van der Waals surface area contributed by atoms with Gasteiger partial charge in [-0.3, -0.25) is 9.59 Å². The van der Waals surface area contributed by atoms with Crippen molar-refractivity contribution >= 4 is 27.5 Å². The van der Waals surface area contributed by atoms with E-state index >= 15 is 0 Å². The number of methoxy groups -OCH3 is 2. The summed E-state index contributed by atoms with van der Waals surface area (Å²) in [5.41, 5.74) is 1.00. The summed E-state index contributed by atoms with van der Waals surface area (Å²) in [6, 6.07) is 11.1. The van der Waals surface area contributed by atoms with Gasteiger partial charge in [-0.15, -0.1) is 0 Å². The number of ether oxygens (including phenoxy) is 2. The maximum Gasteiger partial charge on any atom is 0.313 e. The first-order valence-electron chi connectivity index (χ1n) is 9.75. The van der Waals surface area contributed by atoms with E-state index in [1.165, 1.54) is 30.7 Å². The largest absolute Gasteiger partial charge is 0.497 e. The Morgan fingerprint density at radius 1 is 0.968 bits per heavy atom. The van der Waals surface area contributed by atoms with Crippen LogP contribution in [0.3, 0.4) is 0 Å². The fourth-order valence-electron chi connectivity index (χ4n) is 3.20. The highest BCUT2D eigenvalue weighted by molar-refractivity contribution is 7.89. The lowest BCUT2D eigenvalue weighted by Gasteiger charge is -2.15. The van der Waals surface area contributed by atoms with Crippen molar-refractivity contribution < 1.29 is 27.5 Å². The summed E-state index contributed by atoms with van der Waals surface area (Å²) in [4.78, 5) is 24.6. The molecule has 1 saturated heterocycles. The lowest BCUT2D eigenvalue weighted by atomic mass is 10.2. The molecule has 0 saturated carbocycles. The highest BCUT2D eigenvalue weighted by Gasteiger charge is 2.27. The van der Waals surface area contributed by atoms with Crippen LogP contribution >= 0.6 is 0 Å². The van der Waals surface area contributed by atoms with E-state index in [1.807, 2.05) is 0 Å². The second kappa shape index (κ2) is 9.80. The molecule has 2 aromatic rings. The van der Waals surface area contributed by atoms with Gasteiger partial charge in [-0.25, -0.2) is 8.42 Å². The van der Waals surface area contributed by atoms with Crippen LogP contribution in [0.15, 0.2) is 47.4 Å². The SMILES string of the molecule is COc1ccc(NC(=O)C(=O)NCc2ccc(S(=O)(=O)N3CCCC3)cc2)c(OC)c1. The van der Waals surface area contributed by atoms with E-state index < -0.39 is 21.8 Å². The molecule has 0 spiro atoms. The van der Waals surface area contributed by atoms with Crippen LogP contribution in [-0.4, -0.2) is 51.8 Å². The van der Waals surface area contributed by atoms with E-state index in [9.17, 15) is 18.0 Å². The molecule has 10 heteroatoms. The first-order valence-corrected chi connectivity index (χ1v) is 11.2. The molecule has 166 valence electrons. The van der Waals surface area contributed by atoms with Crippen LogP contribution in [0.1, 0.15) is 18.4 Å². The van der Waals surface area contributed by atoms with Gasteiger partial charge >= 0.3 is 11.8 Å². The zero-order chi connectivity index (χ0) is 22.4. The number of sulfonamides is 1. The number of anilines is 1. The van der Waals surface area contributed by atoms with Gasteiger partial charge in [-0.2, -0.15) is 4.31 Å². The highest BCUT2D eigenvalue weighted by atomic mass is 32.2. The number of hydrogen-bond donors (Lipinski definition) is 2. The van der Waals surface area contributed by atoms with Crippen molar-refractivity contribution in [2.75, 3.05) is 32.6 Å². The van der Waals surface area contributed by atoms with Crippen LogP contribution in [-0.2, 0) is 26.2 Å². The van der Waals surface area contributed by atoms with E-state index in [0.29, 0.717) is 35.8 Å². The van der Waals surface area contributed by atoms with E-state index in [1.54, 1.807) is 30.3 Å². The Labute approximate surface area is 181 Å². The molecule has 2 amide bonds. The first-order chi connectivity index (χ1) is 14.8. The van der Waals surface area contributed by atoms with Crippen molar-refractivity contribution in [1.82, 2.24) is 9.62 Å². The molecular formula is C21H25N3O6S. The Hall–Kier alpha value is -3.11. The molecular weight excluding hydrogens is 422 g/mol. The third-order valence-electron chi connectivity index (χ3n) is 4.94. The number of nitrogens with one attached hydrogen (secondary N) is 2. The molecule has 0 atom stereocenters. The Morgan fingerprint density at radius 2 is 1.65 bits per heavy atom. The topological polar surface area (TPSA) is 114 Å². The minimum absolute atomic E-state index is 0.0794. The zero-order valence-corrected chi connectivity index (χ0v) is 18.2. The molecule has 31 heavy (non-hydrogen) atoms. The van der Waals surface area contributed by atoms with Crippen molar-refractivity contribution in [3.63, 3.8) is 0 Å². The molecule has 0 aromatic heterocycles.